The van der Waals surface area contributed by atoms with Crippen LogP contribution in [-0.2, 0) is 16.6 Å². The summed E-state index contributed by atoms with van der Waals surface area (Å²) >= 11 is 0. The molecule has 0 unspecified atom stereocenters. The molecule has 0 atom stereocenters. The standard InChI is InChI=1S/C14H12FNO4S/c15-12-8-11(14(17)18)6-7-13(12)21(19,20)16-9-10-4-2-1-3-5-10/h1-8,16H,9H2,(H,17,18). The van der Waals surface area contributed by atoms with E-state index < -0.39 is 26.7 Å². The Bertz CT molecular complexity index is 760. The van der Waals surface area contributed by atoms with Gasteiger partial charge in [-0.2, -0.15) is 0 Å². The maximum atomic E-state index is 13.7. The minimum atomic E-state index is -4.05. The first kappa shape index (κ1) is 15.1. The van der Waals surface area contributed by atoms with E-state index in [1.165, 1.54) is 0 Å². The summed E-state index contributed by atoms with van der Waals surface area (Å²) in [6.45, 7) is 0.0172. The second-order valence-corrected chi connectivity index (χ2v) is 6.00. The monoisotopic (exact) mass is 309 g/mol. The van der Waals surface area contributed by atoms with Crippen molar-refractivity contribution >= 4 is 16.0 Å². The number of sulfonamides is 1. The topological polar surface area (TPSA) is 83.5 Å². The first-order valence-corrected chi connectivity index (χ1v) is 7.45. The highest BCUT2D eigenvalue weighted by Crippen LogP contribution is 2.16. The maximum absolute atomic E-state index is 13.7. The summed E-state index contributed by atoms with van der Waals surface area (Å²) < 4.78 is 40.0. The molecular formula is C14H12FNO4S. The molecule has 0 radical (unpaired) electrons. The summed E-state index contributed by atoms with van der Waals surface area (Å²) in [6.07, 6.45) is 0. The van der Waals surface area contributed by atoms with E-state index in [9.17, 15) is 17.6 Å². The first-order valence-electron chi connectivity index (χ1n) is 5.96. The van der Waals surface area contributed by atoms with E-state index in [0.717, 1.165) is 17.7 Å². The number of carbonyl (C=O) groups is 1. The van der Waals surface area contributed by atoms with Crippen molar-refractivity contribution in [3.8, 4) is 0 Å². The van der Waals surface area contributed by atoms with Gasteiger partial charge in [-0.3, -0.25) is 0 Å². The van der Waals surface area contributed by atoms with Crippen molar-refractivity contribution in [1.82, 2.24) is 4.72 Å². The summed E-state index contributed by atoms with van der Waals surface area (Å²) in [4.78, 5) is 10.1. The van der Waals surface area contributed by atoms with Crippen LogP contribution >= 0.6 is 0 Å². The molecular weight excluding hydrogens is 297 g/mol. The van der Waals surface area contributed by atoms with Crippen LogP contribution in [0.25, 0.3) is 0 Å². The highest BCUT2D eigenvalue weighted by molar-refractivity contribution is 7.89. The van der Waals surface area contributed by atoms with Crippen LogP contribution in [0.5, 0.6) is 0 Å². The van der Waals surface area contributed by atoms with Gasteiger partial charge in [-0.05, 0) is 23.8 Å². The molecule has 0 saturated carbocycles. The molecule has 2 rings (SSSR count). The lowest BCUT2D eigenvalue weighted by molar-refractivity contribution is 0.0696. The molecule has 2 N–H and O–H groups in total. The Morgan fingerprint density at radius 3 is 2.38 bits per heavy atom. The third kappa shape index (κ3) is 3.65. The molecule has 0 bridgehead atoms. The lowest BCUT2D eigenvalue weighted by Gasteiger charge is -2.08. The average Bonchev–Trinajstić information content (AvgIpc) is 2.46. The molecule has 0 aromatic heterocycles. The third-order valence-electron chi connectivity index (χ3n) is 2.78. The van der Waals surface area contributed by atoms with E-state index in [1.54, 1.807) is 30.3 Å². The summed E-state index contributed by atoms with van der Waals surface area (Å²) in [5, 5.41) is 8.72. The molecule has 110 valence electrons. The Hall–Kier alpha value is -2.25. The van der Waals surface area contributed by atoms with Crippen LogP contribution in [0.3, 0.4) is 0 Å². The zero-order chi connectivity index (χ0) is 15.5. The highest BCUT2D eigenvalue weighted by Gasteiger charge is 2.20. The first-order chi connectivity index (χ1) is 9.90. The quantitative estimate of drug-likeness (QED) is 0.885. The molecule has 0 aliphatic heterocycles. The molecule has 2 aromatic rings. The van der Waals surface area contributed by atoms with E-state index in [2.05, 4.69) is 4.72 Å². The normalized spacial score (nSPS) is 11.3. The van der Waals surface area contributed by atoms with Gasteiger partial charge < -0.3 is 5.11 Å². The summed E-state index contributed by atoms with van der Waals surface area (Å²) in [7, 11) is -4.05. The van der Waals surface area contributed by atoms with Crippen molar-refractivity contribution in [3.05, 3.63) is 65.5 Å². The number of nitrogens with one attached hydrogen (secondary N) is 1. The molecule has 0 aliphatic carbocycles. The van der Waals surface area contributed by atoms with Gasteiger partial charge in [-0.25, -0.2) is 22.3 Å². The zero-order valence-electron chi connectivity index (χ0n) is 10.8. The van der Waals surface area contributed by atoms with Gasteiger partial charge in [0, 0.05) is 6.54 Å². The van der Waals surface area contributed by atoms with Crippen molar-refractivity contribution in [2.45, 2.75) is 11.4 Å². The van der Waals surface area contributed by atoms with Gasteiger partial charge in [-0.1, -0.05) is 30.3 Å². The summed E-state index contributed by atoms with van der Waals surface area (Å²) in [5.41, 5.74) is 0.415. The van der Waals surface area contributed by atoms with Gasteiger partial charge in [0.2, 0.25) is 10.0 Å². The third-order valence-corrected chi connectivity index (χ3v) is 4.21. The molecule has 0 heterocycles. The predicted octanol–water partition coefficient (Wildman–Crippen LogP) is 2.00. The molecule has 2 aromatic carbocycles. The van der Waals surface area contributed by atoms with Gasteiger partial charge in [0.05, 0.1) is 5.56 Å². The molecule has 7 heteroatoms. The van der Waals surface area contributed by atoms with Gasteiger partial charge in [-0.15, -0.1) is 0 Å². The molecule has 5 nitrogen and oxygen atoms in total. The van der Waals surface area contributed by atoms with Crippen LogP contribution in [0.1, 0.15) is 15.9 Å². The van der Waals surface area contributed by atoms with Crippen molar-refractivity contribution < 1.29 is 22.7 Å². The lowest BCUT2D eigenvalue weighted by Crippen LogP contribution is -2.24. The Morgan fingerprint density at radius 1 is 1.14 bits per heavy atom. The Kier molecular flexibility index (Phi) is 4.35. The van der Waals surface area contributed by atoms with E-state index in [1.807, 2.05) is 0 Å². The van der Waals surface area contributed by atoms with Crippen molar-refractivity contribution in [3.63, 3.8) is 0 Å². The number of benzene rings is 2. The molecule has 21 heavy (non-hydrogen) atoms. The predicted molar refractivity (Wildman–Crippen MR) is 73.8 cm³/mol. The summed E-state index contributed by atoms with van der Waals surface area (Å²) in [5.74, 6) is -2.43. The molecule has 0 amide bonds. The minimum Gasteiger partial charge on any atom is -0.478 e. The number of aromatic carboxylic acids is 1. The van der Waals surface area contributed by atoms with Gasteiger partial charge >= 0.3 is 5.97 Å². The minimum absolute atomic E-state index is 0.0172. The van der Waals surface area contributed by atoms with Gasteiger partial charge in [0.1, 0.15) is 10.7 Å². The number of rotatable bonds is 5. The highest BCUT2D eigenvalue weighted by atomic mass is 32.2. The zero-order valence-corrected chi connectivity index (χ0v) is 11.6. The lowest BCUT2D eigenvalue weighted by atomic mass is 10.2. The van der Waals surface area contributed by atoms with Crippen molar-refractivity contribution in [2.24, 2.45) is 0 Å². The fourth-order valence-electron chi connectivity index (χ4n) is 1.70. The van der Waals surface area contributed by atoms with Crippen LogP contribution in [-0.4, -0.2) is 19.5 Å². The largest absolute Gasteiger partial charge is 0.478 e. The second-order valence-electron chi connectivity index (χ2n) is 4.26. The Balaban J connectivity index is 2.22. The second kappa shape index (κ2) is 6.02. The van der Waals surface area contributed by atoms with E-state index >= 15 is 0 Å². The number of carboxylic acid groups (broad SMARTS) is 1. The fourth-order valence-corrected chi connectivity index (χ4v) is 2.78. The van der Waals surface area contributed by atoms with Crippen LogP contribution in [0.4, 0.5) is 4.39 Å². The van der Waals surface area contributed by atoms with E-state index in [4.69, 9.17) is 5.11 Å². The van der Waals surface area contributed by atoms with E-state index in [-0.39, 0.29) is 12.1 Å². The average molecular weight is 309 g/mol. The SMILES string of the molecule is O=C(O)c1ccc(S(=O)(=O)NCc2ccccc2)c(F)c1. The van der Waals surface area contributed by atoms with Crippen molar-refractivity contribution in [2.75, 3.05) is 0 Å². The number of hydrogen-bond acceptors (Lipinski definition) is 3. The van der Waals surface area contributed by atoms with Crippen LogP contribution in [0.2, 0.25) is 0 Å². The maximum Gasteiger partial charge on any atom is 0.335 e. The number of hydrogen-bond donors (Lipinski definition) is 2. The van der Waals surface area contributed by atoms with Crippen LogP contribution in [0.15, 0.2) is 53.4 Å². The van der Waals surface area contributed by atoms with Gasteiger partial charge in [0.25, 0.3) is 0 Å². The molecule has 0 aliphatic rings. The number of halogens is 1. The molecule has 0 saturated heterocycles. The van der Waals surface area contributed by atoms with Crippen molar-refractivity contribution in [1.29, 1.82) is 0 Å². The van der Waals surface area contributed by atoms with E-state index in [0.29, 0.717) is 6.07 Å². The molecule has 0 spiro atoms. The van der Waals surface area contributed by atoms with Gasteiger partial charge in [0.15, 0.2) is 0 Å². The fraction of sp³-hybridized carbons (Fsp3) is 0.0714. The Labute approximate surface area is 121 Å². The van der Waals surface area contributed by atoms with Crippen LogP contribution < -0.4 is 4.72 Å². The van der Waals surface area contributed by atoms with Crippen LogP contribution in [0, 0.1) is 5.82 Å². The summed E-state index contributed by atoms with van der Waals surface area (Å²) in [6, 6.07) is 11.4. The Morgan fingerprint density at radius 2 is 1.81 bits per heavy atom. The number of carboxylic acids is 1. The molecule has 0 fully saturated rings. The smallest absolute Gasteiger partial charge is 0.335 e.